The smallest absolute Gasteiger partial charge is 0.267 e. The largest absolute Gasteiger partial charge is 0.385 e. The van der Waals surface area contributed by atoms with Crippen molar-refractivity contribution in [3.8, 4) is 0 Å². The van der Waals surface area contributed by atoms with Gasteiger partial charge in [-0.15, -0.1) is 0 Å². The third kappa shape index (κ3) is 3.59. The van der Waals surface area contributed by atoms with Crippen molar-refractivity contribution in [3.05, 3.63) is 18.0 Å². The highest BCUT2D eigenvalue weighted by atomic mass is 32.2. The Bertz CT molecular complexity index is 590. The predicted molar refractivity (Wildman–Crippen MR) is 72.9 cm³/mol. The fraction of sp³-hybridized carbons (Fsp3) is 0.583. The molecule has 1 fully saturated rings. The Balaban J connectivity index is 2.13. The molecular formula is C12H19N3O4S. The normalized spacial score (nSPS) is 15.3. The molecule has 0 aliphatic heterocycles. The van der Waals surface area contributed by atoms with Gasteiger partial charge in [0.25, 0.3) is 5.91 Å². The Kier molecular flexibility index (Phi) is 4.46. The maximum Gasteiger partial charge on any atom is 0.267 e. The highest BCUT2D eigenvalue weighted by molar-refractivity contribution is 7.89. The topological polar surface area (TPSA) is 103 Å². The van der Waals surface area contributed by atoms with Gasteiger partial charge in [-0.25, -0.2) is 13.6 Å². The zero-order valence-electron chi connectivity index (χ0n) is 11.3. The van der Waals surface area contributed by atoms with E-state index in [9.17, 15) is 13.2 Å². The molecule has 20 heavy (non-hydrogen) atoms. The molecule has 1 aliphatic rings. The number of nitrogens with two attached hydrogens (primary N) is 1. The van der Waals surface area contributed by atoms with Crippen molar-refractivity contribution >= 4 is 15.9 Å². The number of carbonyl (C=O) groups excluding carboxylic acids is 1. The maximum absolute atomic E-state index is 12.1. The van der Waals surface area contributed by atoms with E-state index in [2.05, 4.69) is 5.32 Å². The Morgan fingerprint density at radius 1 is 1.55 bits per heavy atom. The number of sulfonamides is 1. The number of carbonyl (C=O) groups is 1. The summed E-state index contributed by atoms with van der Waals surface area (Å²) in [4.78, 5) is 12.1. The van der Waals surface area contributed by atoms with E-state index in [0.29, 0.717) is 25.3 Å². The minimum atomic E-state index is -3.79. The van der Waals surface area contributed by atoms with Crippen LogP contribution in [-0.4, -0.2) is 39.2 Å². The first-order valence-electron chi connectivity index (χ1n) is 6.45. The SMILES string of the molecule is COCCCNC(=O)c1cc(S(N)(=O)=O)cn1C1CC1. The molecule has 1 saturated carbocycles. The van der Waals surface area contributed by atoms with Crippen LogP contribution in [0.1, 0.15) is 35.8 Å². The van der Waals surface area contributed by atoms with Crippen molar-refractivity contribution in [2.45, 2.75) is 30.2 Å². The molecule has 0 unspecified atom stereocenters. The van der Waals surface area contributed by atoms with Gasteiger partial charge in [0, 0.05) is 32.5 Å². The van der Waals surface area contributed by atoms with Crippen LogP contribution in [0.5, 0.6) is 0 Å². The van der Waals surface area contributed by atoms with Crippen LogP contribution in [0, 0.1) is 0 Å². The Morgan fingerprint density at radius 2 is 2.25 bits per heavy atom. The van der Waals surface area contributed by atoms with Crippen LogP contribution in [0.15, 0.2) is 17.2 Å². The van der Waals surface area contributed by atoms with Crippen LogP contribution in [0.4, 0.5) is 0 Å². The van der Waals surface area contributed by atoms with E-state index < -0.39 is 10.0 Å². The molecule has 1 aromatic heterocycles. The summed E-state index contributed by atoms with van der Waals surface area (Å²) in [7, 11) is -2.20. The quantitative estimate of drug-likeness (QED) is 0.704. The van der Waals surface area contributed by atoms with Crippen molar-refractivity contribution in [1.82, 2.24) is 9.88 Å². The van der Waals surface area contributed by atoms with Gasteiger partial charge in [0.05, 0.1) is 0 Å². The van der Waals surface area contributed by atoms with Crippen LogP contribution in [0.3, 0.4) is 0 Å². The molecule has 0 saturated heterocycles. The molecule has 0 bridgehead atoms. The maximum atomic E-state index is 12.1. The van der Waals surface area contributed by atoms with Gasteiger partial charge in [-0.3, -0.25) is 4.79 Å². The van der Waals surface area contributed by atoms with Crippen molar-refractivity contribution in [1.29, 1.82) is 0 Å². The predicted octanol–water partition coefficient (Wildman–Crippen LogP) is 0.237. The monoisotopic (exact) mass is 301 g/mol. The molecule has 1 amide bonds. The number of ether oxygens (including phenoxy) is 1. The van der Waals surface area contributed by atoms with Gasteiger partial charge in [0.2, 0.25) is 10.0 Å². The van der Waals surface area contributed by atoms with Gasteiger partial charge >= 0.3 is 0 Å². The molecule has 0 radical (unpaired) electrons. The summed E-state index contributed by atoms with van der Waals surface area (Å²) in [5.74, 6) is -0.289. The van der Waals surface area contributed by atoms with E-state index in [1.807, 2.05) is 0 Å². The number of hydrogen-bond donors (Lipinski definition) is 2. The number of rotatable bonds is 7. The Labute approximate surface area is 118 Å². The fourth-order valence-electron chi connectivity index (χ4n) is 1.96. The van der Waals surface area contributed by atoms with E-state index >= 15 is 0 Å². The zero-order chi connectivity index (χ0) is 14.8. The highest BCUT2D eigenvalue weighted by Crippen LogP contribution is 2.37. The first-order chi connectivity index (χ1) is 9.43. The van der Waals surface area contributed by atoms with Crippen LogP contribution >= 0.6 is 0 Å². The van der Waals surface area contributed by atoms with Crippen LogP contribution in [0.25, 0.3) is 0 Å². The second kappa shape index (κ2) is 5.94. The molecule has 1 aromatic rings. The van der Waals surface area contributed by atoms with E-state index in [1.165, 1.54) is 12.3 Å². The van der Waals surface area contributed by atoms with Crippen LogP contribution in [0.2, 0.25) is 0 Å². The van der Waals surface area contributed by atoms with Crippen molar-refractivity contribution in [2.24, 2.45) is 5.14 Å². The summed E-state index contributed by atoms with van der Waals surface area (Å²) in [6.07, 6.45) is 4.04. The molecule has 3 N–H and O–H groups in total. The molecule has 2 rings (SSSR count). The minimum Gasteiger partial charge on any atom is -0.385 e. The number of primary sulfonamides is 1. The molecule has 0 spiro atoms. The van der Waals surface area contributed by atoms with Gasteiger partial charge < -0.3 is 14.6 Å². The second-order valence-electron chi connectivity index (χ2n) is 4.85. The number of nitrogens with one attached hydrogen (secondary N) is 1. The number of aromatic nitrogens is 1. The summed E-state index contributed by atoms with van der Waals surface area (Å²) in [5, 5.41) is 7.86. The van der Waals surface area contributed by atoms with Gasteiger partial charge in [0.15, 0.2) is 0 Å². The highest BCUT2D eigenvalue weighted by Gasteiger charge is 2.29. The lowest BCUT2D eigenvalue weighted by atomic mass is 10.3. The zero-order valence-corrected chi connectivity index (χ0v) is 12.1. The third-order valence-corrected chi connectivity index (χ3v) is 4.02. The molecule has 0 aromatic carbocycles. The van der Waals surface area contributed by atoms with Crippen LogP contribution < -0.4 is 10.5 Å². The Morgan fingerprint density at radius 3 is 2.80 bits per heavy atom. The lowest BCUT2D eigenvalue weighted by molar-refractivity contribution is 0.0939. The Hall–Kier alpha value is -1.38. The number of methoxy groups -OCH3 is 1. The summed E-state index contributed by atoms with van der Waals surface area (Å²) in [6.45, 7) is 1.04. The summed E-state index contributed by atoms with van der Waals surface area (Å²) < 4.78 is 29.4. The standard InChI is InChI=1S/C12H19N3O4S/c1-19-6-2-5-14-12(16)11-7-10(20(13,17)18)8-15(11)9-3-4-9/h7-9H,2-6H2,1H3,(H,14,16)(H2,13,17,18). The van der Waals surface area contributed by atoms with Gasteiger partial charge in [-0.05, 0) is 25.3 Å². The van der Waals surface area contributed by atoms with Crippen molar-refractivity contribution in [3.63, 3.8) is 0 Å². The molecule has 1 aliphatic carbocycles. The van der Waals surface area contributed by atoms with Gasteiger partial charge in [0.1, 0.15) is 10.6 Å². The van der Waals surface area contributed by atoms with Crippen molar-refractivity contribution in [2.75, 3.05) is 20.3 Å². The molecule has 112 valence electrons. The first-order valence-corrected chi connectivity index (χ1v) is 8.00. The third-order valence-electron chi connectivity index (χ3n) is 3.14. The molecule has 0 atom stereocenters. The number of amides is 1. The second-order valence-corrected chi connectivity index (χ2v) is 6.41. The van der Waals surface area contributed by atoms with E-state index in [-0.39, 0.29) is 16.8 Å². The van der Waals surface area contributed by atoms with Crippen molar-refractivity contribution < 1.29 is 17.9 Å². The van der Waals surface area contributed by atoms with E-state index in [0.717, 1.165) is 12.8 Å². The lowest BCUT2D eigenvalue weighted by Crippen LogP contribution is -2.27. The molecule has 7 nitrogen and oxygen atoms in total. The molecular weight excluding hydrogens is 282 g/mol. The summed E-state index contributed by atoms with van der Waals surface area (Å²) in [6, 6.07) is 1.53. The molecule has 8 heteroatoms. The first kappa shape index (κ1) is 15.0. The van der Waals surface area contributed by atoms with E-state index in [1.54, 1.807) is 11.7 Å². The number of nitrogens with zero attached hydrogens (tertiary/aromatic N) is 1. The summed E-state index contributed by atoms with van der Waals surface area (Å²) >= 11 is 0. The average Bonchev–Trinajstić information content (AvgIpc) is 3.11. The minimum absolute atomic E-state index is 0.0218. The van der Waals surface area contributed by atoms with Gasteiger partial charge in [-0.1, -0.05) is 0 Å². The van der Waals surface area contributed by atoms with Gasteiger partial charge in [-0.2, -0.15) is 0 Å². The van der Waals surface area contributed by atoms with E-state index in [4.69, 9.17) is 9.88 Å². The molecule has 1 heterocycles. The average molecular weight is 301 g/mol. The number of hydrogen-bond acceptors (Lipinski definition) is 4. The lowest BCUT2D eigenvalue weighted by Gasteiger charge is -2.08. The summed E-state index contributed by atoms with van der Waals surface area (Å²) in [5.41, 5.74) is 0.342. The fourth-order valence-corrected chi connectivity index (χ4v) is 2.49. The van der Waals surface area contributed by atoms with Crippen LogP contribution in [-0.2, 0) is 14.8 Å².